The minimum absolute atomic E-state index is 0.155. The van der Waals surface area contributed by atoms with Gasteiger partial charge < -0.3 is 10.3 Å². The highest BCUT2D eigenvalue weighted by Crippen LogP contribution is 2.41. The summed E-state index contributed by atoms with van der Waals surface area (Å²) in [4.78, 5) is 4.62. The van der Waals surface area contributed by atoms with Gasteiger partial charge in [0, 0.05) is 24.6 Å². The van der Waals surface area contributed by atoms with Crippen LogP contribution in [0.15, 0.2) is 18.2 Å². The summed E-state index contributed by atoms with van der Waals surface area (Å²) in [5.74, 6) is 1.46. The topological polar surface area (TPSA) is 43.8 Å². The van der Waals surface area contributed by atoms with Crippen LogP contribution < -0.4 is 5.73 Å². The molecular weight excluding hydrogens is 279 g/mol. The summed E-state index contributed by atoms with van der Waals surface area (Å²) in [6.07, 6.45) is -1.89. The van der Waals surface area contributed by atoms with Crippen molar-refractivity contribution in [1.29, 1.82) is 0 Å². The van der Waals surface area contributed by atoms with Crippen LogP contribution >= 0.6 is 0 Å². The van der Waals surface area contributed by atoms with Crippen LogP contribution in [0.25, 0.3) is 11.0 Å². The van der Waals surface area contributed by atoms with E-state index in [1.54, 1.807) is 0 Å². The highest BCUT2D eigenvalue weighted by atomic mass is 19.4. The first kappa shape index (κ1) is 14.2. The van der Waals surface area contributed by atoms with Crippen molar-refractivity contribution >= 4 is 16.7 Å². The molecule has 0 spiro atoms. The van der Waals surface area contributed by atoms with E-state index in [4.69, 9.17) is 5.73 Å². The van der Waals surface area contributed by atoms with Gasteiger partial charge in [0.15, 0.2) is 0 Å². The zero-order valence-corrected chi connectivity index (χ0v) is 11.7. The number of aromatic nitrogens is 2. The van der Waals surface area contributed by atoms with Gasteiger partial charge in [0.05, 0.1) is 11.0 Å². The van der Waals surface area contributed by atoms with E-state index < -0.39 is 12.6 Å². The Morgan fingerprint density at radius 3 is 2.67 bits per heavy atom. The molecule has 1 saturated carbocycles. The van der Waals surface area contributed by atoms with Gasteiger partial charge >= 0.3 is 6.18 Å². The third-order valence-corrected chi connectivity index (χ3v) is 3.84. The first-order chi connectivity index (χ1) is 9.94. The molecule has 1 aromatic carbocycles. The average Bonchev–Trinajstić information content (AvgIpc) is 3.16. The van der Waals surface area contributed by atoms with Crippen LogP contribution in [0.2, 0.25) is 0 Å². The van der Waals surface area contributed by atoms with Crippen LogP contribution in [0.5, 0.6) is 0 Å². The highest BCUT2D eigenvalue weighted by Gasteiger charge is 2.30. The molecule has 0 saturated heterocycles. The second-order valence-electron chi connectivity index (χ2n) is 5.72. The molecule has 1 aromatic heterocycles. The smallest absolute Gasteiger partial charge is 0.389 e. The van der Waals surface area contributed by atoms with Crippen molar-refractivity contribution in [2.75, 3.05) is 5.73 Å². The molecule has 2 N–H and O–H groups in total. The summed E-state index contributed by atoms with van der Waals surface area (Å²) in [6, 6.07) is 5.55. The monoisotopic (exact) mass is 297 g/mol. The average molecular weight is 297 g/mol. The fourth-order valence-corrected chi connectivity index (χ4v) is 2.65. The predicted octanol–water partition coefficient (Wildman–Crippen LogP) is 4.23. The number of hydrogen-bond donors (Lipinski definition) is 1. The molecule has 0 aliphatic heterocycles. The fraction of sp³-hybridized carbons (Fsp3) is 0.533. The van der Waals surface area contributed by atoms with E-state index in [1.165, 1.54) is 0 Å². The van der Waals surface area contributed by atoms with E-state index >= 15 is 0 Å². The van der Waals surface area contributed by atoms with Crippen molar-refractivity contribution in [3.05, 3.63) is 24.0 Å². The van der Waals surface area contributed by atoms with Gasteiger partial charge in [0.25, 0.3) is 0 Å². The van der Waals surface area contributed by atoms with E-state index in [0.717, 1.165) is 29.7 Å². The van der Waals surface area contributed by atoms with Crippen molar-refractivity contribution < 1.29 is 13.2 Å². The summed E-state index contributed by atoms with van der Waals surface area (Å²) in [5.41, 5.74) is 8.24. The number of hydrogen-bond acceptors (Lipinski definition) is 2. The number of benzene rings is 1. The Morgan fingerprint density at radius 2 is 2.00 bits per heavy atom. The van der Waals surface area contributed by atoms with E-state index in [9.17, 15) is 13.2 Å². The maximum absolute atomic E-state index is 12.2. The van der Waals surface area contributed by atoms with Crippen molar-refractivity contribution in [3.63, 3.8) is 0 Å². The lowest BCUT2D eigenvalue weighted by atomic mass is 10.2. The molecule has 2 aromatic rings. The number of fused-ring (bicyclic) bond motifs is 1. The van der Waals surface area contributed by atoms with Gasteiger partial charge in [-0.15, -0.1) is 0 Å². The number of halogens is 3. The van der Waals surface area contributed by atoms with Gasteiger partial charge in [-0.3, -0.25) is 0 Å². The van der Waals surface area contributed by atoms with Gasteiger partial charge in [-0.05, 0) is 43.9 Å². The lowest BCUT2D eigenvalue weighted by Crippen LogP contribution is -2.08. The number of imidazole rings is 1. The molecule has 1 fully saturated rings. The summed E-state index contributed by atoms with van der Waals surface area (Å²) >= 11 is 0. The first-order valence-electron chi connectivity index (χ1n) is 7.26. The summed E-state index contributed by atoms with van der Waals surface area (Å²) in [5, 5.41) is 0. The maximum Gasteiger partial charge on any atom is 0.389 e. The quantitative estimate of drug-likeness (QED) is 0.663. The normalized spacial score (nSPS) is 15.8. The Balaban J connectivity index is 1.78. The molecule has 0 atom stereocenters. The Kier molecular flexibility index (Phi) is 3.55. The largest absolute Gasteiger partial charge is 0.399 e. The molecule has 0 amide bonds. The maximum atomic E-state index is 12.2. The number of alkyl halides is 3. The van der Waals surface area contributed by atoms with Crippen molar-refractivity contribution in [2.45, 2.75) is 50.7 Å². The van der Waals surface area contributed by atoms with E-state index in [0.29, 0.717) is 24.6 Å². The van der Waals surface area contributed by atoms with Crippen molar-refractivity contribution in [2.24, 2.45) is 0 Å². The molecule has 114 valence electrons. The van der Waals surface area contributed by atoms with E-state index in [-0.39, 0.29) is 6.42 Å². The number of nitrogen functional groups attached to an aromatic ring is 1. The molecule has 1 aliphatic carbocycles. The number of unbranched alkanes of at least 4 members (excludes halogenated alkanes) is 1. The molecule has 3 rings (SSSR count). The fourth-order valence-electron chi connectivity index (χ4n) is 2.65. The van der Waals surface area contributed by atoms with Gasteiger partial charge in [0.1, 0.15) is 5.82 Å². The standard InChI is InChI=1S/C15H18F3N3/c16-15(17,18)7-1-2-8-21-13-6-5-11(19)9-12(13)20-14(21)10-3-4-10/h5-6,9-10H,1-4,7-8,19H2. The third-order valence-electron chi connectivity index (χ3n) is 3.84. The lowest BCUT2D eigenvalue weighted by Gasteiger charge is -2.10. The minimum Gasteiger partial charge on any atom is -0.399 e. The lowest BCUT2D eigenvalue weighted by molar-refractivity contribution is -0.135. The van der Waals surface area contributed by atoms with Crippen LogP contribution in [-0.2, 0) is 6.54 Å². The zero-order valence-electron chi connectivity index (χ0n) is 11.7. The molecule has 0 radical (unpaired) electrons. The number of nitrogens with two attached hydrogens (primary N) is 1. The molecule has 0 unspecified atom stereocenters. The van der Waals surface area contributed by atoms with Crippen molar-refractivity contribution in [1.82, 2.24) is 9.55 Å². The third kappa shape index (κ3) is 3.31. The number of rotatable bonds is 5. The SMILES string of the molecule is Nc1ccc2c(c1)nc(C1CC1)n2CCCCC(F)(F)F. The Labute approximate surface area is 121 Å². The first-order valence-corrected chi connectivity index (χ1v) is 7.26. The summed E-state index contributed by atoms with van der Waals surface area (Å²) in [6.45, 7) is 0.586. The Bertz CT molecular complexity index is 641. The van der Waals surface area contributed by atoms with Gasteiger partial charge in [-0.25, -0.2) is 4.98 Å². The second-order valence-corrected chi connectivity index (χ2v) is 5.72. The van der Waals surface area contributed by atoms with E-state index in [1.807, 2.05) is 18.2 Å². The predicted molar refractivity (Wildman–Crippen MR) is 76.0 cm³/mol. The Morgan fingerprint density at radius 1 is 1.24 bits per heavy atom. The zero-order chi connectivity index (χ0) is 15.0. The molecular formula is C15H18F3N3. The molecule has 21 heavy (non-hydrogen) atoms. The van der Waals surface area contributed by atoms with Crippen LogP contribution in [0.4, 0.5) is 18.9 Å². The molecule has 3 nitrogen and oxygen atoms in total. The van der Waals surface area contributed by atoms with Crippen LogP contribution in [0, 0.1) is 0 Å². The number of aryl methyl sites for hydroxylation is 1. The van der Waals surface area contributed by atoms with Crippen LogP contribution in [0.3, 0.4) is 0 Å². The number of anilines is 1. The van der Waals surface area contributed by atoms with E-state index in [2.05, 4.69) is 9.55 Å². The second kappa shape index (κ2) is 5.24. The van der Waals surface area contributed by atoms with Gasteiger partial charge in [-0.1, -0.05) is 0 Å². The van der Waals surface area contributed by atoms with Gasteiger partial charge in [-0.2, -0.15) is 13.2 Å². The highest BCUT2D eigenvalue weighted by molar-refractivity contribution is 5.79. The molecule has 6 heteroatoms. The number of nitrogens with zero attached hydrogens (tertiary/aromatic N) is 2. The van der Waals surface area contributed by atoms with Crippen LogP contribution in [0.1, 0.15) is 43.8 Å². The Hall–Kier alpha value is -1.72. The molecule has 1 heterocycles. The van der Waals surface area contributed by atoms with Crippen molar-refractivity contribution in [3.8, 4) is 0 Å². The minimum atomic E-state index is -4.06. The van der Waals surface area contributed by atoms with Gasteiger partial charge in [0.2, 0.25) is 0 Å². The molecule has 0 bridgehead atoms. The summed E-state index contributed by atoms with van der Waals surface area (Å²) in [7, 11) is 0. The summed E-state index contributed by atoms with van der Waals surface area (Å²) < 4.78 is 38.7. The molecule has 1 aliphatic rings. The van der Waals surface area contributed by atoms with Crippen LogP contribution in [-0.4, -0.2) is 15.7 Å².